The van der Waals surface area contributed by atoms with Crippen molar-refractivity contribution in [2.45, 2.75) is 33.5 Å². The van der Waals surface area contributed by atoms with E-state index >= 15 is 0 Å². The van der Waals surface area contributed by atoms with E-state index in [1.165, 1.54) is 0 Å². The molecule has 1 aromatic carbocycles. The second-order valence-electron chi connectivity index (χ2n) is 6.17. The monoisotopic (exact) mass is 353 g/mol. The number of amides is 1. The fourth-order valence-electron chi connectivity index (χ4n) is 2.71. The largest absolute Gasteiger partial charge is 0.486 e. The summed E-state index contributed by atoms with van der Waals surface area (Å²) in [6, 6.07) is 13.2. The van der Waals surface area contributed by atoms with Crippen molar-refractivity contribution in [3.05, 3.63) is 71.4 Å². The number of carbonyl (C=O) groups excluding carboxylic acids is 1. The molecule has 0 unspecified atom stereocenters. The minimum atomic E-state index is -0.171. The number of ether oxygens (including phenoxy) is 1. The Morgan fingerprint density at radius 3 is 2.88 bits per heavy atom. The normalized spacial score (nSPS) is 10.7. The fraction of sp³-hybridized carbons (Fsp3) is 0.300. The summed E-state index contributed by atoms with van der Waals surface area (Å²) in [5.74, 6) is 1.52. The molecule has 6 nitrogen and oxygen atoms in total. The summed E-state index contributed by atoms with van der Waals surface area (Å²) in [5, 5.41) is 4.22. The van der Waals surface area contributed by atoms with Crippen LogP contribution in [0.4, 0.5) is 0 Å². The molecule has 0 aliphatic carbocycles. The van der Waals surface area contributed by atoms with E-state index in [0.717, 1.165) is 23.6 Å². The summed E-state index contributed by atoms with van der Waals surface area (Å²) >= 11 is 0. The molecule has 0 radical (unpaired) electrons. The Morgan fingerprint density at radius 1 is 1.27 bits per heavy atom. The lowest BCUT2D eigenvalue weighted by Gasteiger charge is -2.16. The molecule has 3 rings (SSSR count). The molecule has 1 amide bonds. The maximum atomic E-state index is 12.6. The molecule has 2 aromatic heterocycles. The van der Waals surface area contributed by atoms with Crippen LogP contribution in [-0.4, -0.2) is 27.6 Å². The first-order chi connectivity index (χ1) is 12.6. The fourth-order valence-corrected chi connectivity index (χ4v) is 2.71. The minimum absolute atomic E-state index is 0.171. The number of rotatable bonds is 7. The highest BCUT2D eigenvalue weighted by molar-refractivity contribution is 5.91. The highest BCUT2D eigenvalue weighted by atomic mass is 16.5. The van der Waals surface area contributed by atoms with Crippen LogP contribution in [0.25, 0.3) is 0 Å². The van der Waals surface area contributed by atoms with Gasteiger partial charge < -0.3 is 14.1 Å². The first-order valence-electron chi connectivity index (χ1n) is 8.61. The Kier molecular flexibility index (Phi) is 5.41. The summed E-state index contributed by atoms with van der Waals surface area (Å²) in [6.45, 7) is 5.55. The van der Waals surface area contributed by atoms with E-state index in [9.17, 15) is 4.79 Å². The van der Waals surface area contributed by atoms with Gasteiger partial charge in [0.1, 0.15) is 18.1 Å². The predicted molar refractivity (Wildman–Crippen MR) is 97.9 cm³/mol. The number of hydrogen-bond acceptors (Lipinski definition) is 4. The molecule has 136 valence electrons. The number of aryl methyl sites for hydroxylation is 2. The van der Waals surface area contributed by atoms with Crippen LogP contribution < -0.4 is 4.74 Å². The van der Waals surface area contributed by atoms with Gasteiger partial charge in [0.2, 0.25) is 0 Å². The van der Waals surface area contributed by atoms with Gasteiger partial charge in [-0.05, 0) is 49.7 Å². The van der Waals surface area contributed by atoms with E-state index in [1.54, 1.807) is 30.3 Å². The molecule has 6 heteroatoms. The van der Waals surface area contributed by atoms with Crippen LogP contribution in [0.15, 0.2) is 53.1 Å². The summed E-state index contributed by atoms with van der Waals surface area (Å²) in [5.41, 5.74) is 2.11. The first kappa shape index (κ1) is 17.8. The van der Waals surface area contributed by atoms with Crippen molar-refractivity contribution in [2.75, 3.05) is 7.05 Å². The number of furan rings is 1. The van der Waals surface area contributed by atoms with Crippen LogP contribution in [0.5, 0.6) is 5.75 Å². The van der Waals surface area contributed by atoms with Crippen LogP contribution in [0.1, 0.15) is 34.5 Å². The van der Waals surface area contributed by atoms with Gasteiger partial charge in [-0.15, -0.1) is 0 Å². The van der Waals surface area contributed by atoms with Gasteiger partial charge in [0.15, 0.2) is 5.76 Å². The van der Waals surface area contributed by atoms with Crippen molar-refractivity contribution >= 4 is 5.91 Å². The third-order valence-corrected chi connectivity index (χ3v) is 4.09. The van der Waals surface area contributed by atoms with Gasteiger partial charge in [0, 0.05) is 19.8 Å². The Hall–Kier alpha value is -3.02. The van der Waals surface area contributed by atoms with Crippen molar-refractivity contribution in [3.8, 4) is 5.75 Å². The molecule has 2 heterocycles. The van der Waals surface area contributed by atoms with Crippen LogP contribution >= 0.6 is 0 Å². The van der Waals surface area contributed by atoms with E-state index in [2.05, 4.69) is 5.10 Å². The standard InChI is InChI=1S/C20H23N3O3/c1-4-23-16(10-11-21-23)13-22(3)20(24)19-9-8-18(26-19)14-25-17-7-5-6-15(2)12-17/h5-12H,4,13-14H2,1-3H3. The Balaban J connectivity index is 1.60. The van der Waals surface area contributed by atoms with Crippen LogP contribution in [0.2, 0.25) is 0 Å². The maximum Gasteiger partial charge on any atom is 0.289 e. The summed E-state index contributed by atoms with van der Waals surface area (Å²) in [6.07, 6.45) is 1.74. The molecule has 0 N–H and O–H groups in total. The average molecular weight is 353 g/mol. The molecular formula is C20H23N3O3. The van der Waals surface area contributed by atoms with E-state index in [4.69, 9.17) is 9.15 Å². The zero-order valence-corrected chi connectivity index (χ0v) is 15.3. The Morgan fingerprint density at radius 2 is 2.12 bits per heavy atom. The summed E-state index contributed by atoms with van der Waals surface area (Å²) < 4.78 is 13.2. The Bertz CT molecular complexity index is 882. The van der Waals surface area contributed by atoms with Crippen molar-refractivity contribution in [1.82, 2.24) is 14.7 Å². The zero-order valence-electron chi connectivity index (χ0n) is 15.3. The molecule has 0 atom stereocenters. The molecule has 0 fully saturated rings. The molecule has 0 saturated carbocycles. The lowest BCUT2D eigenvalue weighted by atomic mass is 10.2. The second kappa shape index (κ2) is 7.91. The average Bonchev–Trinajstić information content (AvgIpc) is 3.28. The summed E-state index contributed by atoms with van der Waals surface area (Å²) in [7, 11) is 1.75. The SMILES string of the molecule is CCn1nccc1CN(C)C(=O)c1ccc(COc2cccc(C)c2)o1. The zero-order chi connectivity index (χ0) is 18.5. The van der Waals surface area contributed by atoms with Crippen molar-refractivity contribution in [2.24, 2.45) is 0 Å². The summed E-state index contributed by atoms with van der Waals surface area (Å²) in [4.78, 5) is 14.2. The molecule has 0 saturated heterocycles. The van der Waals surface area contributed by atoms with Crippen molar-refractivity contribution in [1.29, 1.82) is 0 Å². The third-order valence-electron chi connectivity index (χ3n) is 4.09. The van der Waals surface area contributed by atoms with E-state index in [1.807, 2.05) is 48.9 Å². The molecule has 0 spiro atoms. The second-order valence-corrected chi connectivity index (χ2v) is 6.17. The van der Waals surface area contributed by atoms with Crippen molar-refractivity contribution < 1.29 is 13.9 Å². The van der Waals surface area contributed by atoms with Gasteiger partial charge in [-0.2, -0.15) is 5.10 Å². The predicted octanol–water partition coefficient (Wildman–Crippen LogP) is 3.66. The van der Waals surface area contributed by atoms with Crippen LogP contribution in [0.3, 0.4) is 0 Å². The highest BCUT2D eigenvalue weighted by Gasteiger charge is 2.17. The molecular weight excluding hydrogens is 330 g/mol. The third kappa shape index (κ3) is 4.14. The van der Waals surface area contributed by atoms with Gasteiger partial charge >= 0.3 is 0 Å². The first-order valence-corrected chi connectivity index (χ1v) is 8.61. The quantitative estimate of drug-likeness (QED) is 0.650. The molecule has 26 heavy (non-hydrogen) atoms. The number of carbonyl (C=O) groups is 1. The Labute approximate surface area is 153 Å². The van der Waals surface area contributed by atoms with E-state index in [-0.39, 0.29) is 12.5 Å². The van der Waals surface area contributed by atoms with Crippen LogP contribution in [0, 0.1) is 6.92 Å². The molecule has 0 aliphatic heterocycles. The molecule has 3 aromatic rings. The number of benzene rings is 1. The van der Waals surface area contributed by atoms with E-state index in [0.29, 0.717) is 18.1 Å². The number of nitrogens with zero attached hydrogens (tertiary/aromatic N) is 3. The van der Waals surface area contributed by atoms with Crippen LogP contribution in [-0.2, 0) is 19.7 Å². The lowest BCUT2D eigenvalue weighted by Crippen LogP contribution is -2.27. The highest BCUT2D eigenvalue weighted by Crippen LogP contribution is 2.17. The lowest BCUT2D eigenvalue weighted by molar-refractivity contribution is 0.0745. The number of hydrogen-bond donors (Lipinski definition) is 0. The molecule has 0 bridgehead atoms. The van der Waals surface area contributed by atoms with Gasteiger partial charge in [-0.3, -0.25) is 9.48 Å². The smallest absolute Gasteiger partial charge is 0.289 e. The number of aromatic nitrogens is 2. The maximum absolute atomic E-state index is 12.6. The minimum Gasteiger partial charge on any atom is -0.486 e. The van der Waals surface area contributed by atoms with Crippen molar-refractivity contribution in [3.63, 3.8) is 0 Å². The van der Waals surface area contributed by atoms with Gasteiger partial charge in [0.25, 0.3) is 5.91 Å². The van der Waals surface area contributed by atoms with Gasteiger partial charge in [-0.1, -0.05) is 12.1 Å². The molecule has 0 aliphatic rings. The topological polar surface area (TPSA) is 60.5 Å². The van der Waals surface area contributed by atoms with Gasteiger partial charge in [0.05, 0.1) is 12.2 Å². The van der Waals surface area contributed by atoms with E-state index < -0.39 is 0 Å². The van der Waals surface area contributed by atoms with Gasteiger partial charge in [-0.25, -0.2) is 0 Å².